The predicted octanol–water partition coefficient (Wildman–Crippen LogP) is 7.54. The van der Waals surface area contributed by atoms with Crippen molar-refractivity contribution in [3.05, 3.63) is 136 Å². The third-order valence-electron chi connectivity index (χ3n) is 6.46. The lowest BCUT2D eigenvalue weighted by molar-refractivity contribution is 0.757. The second-order valence-corrected chi connectivity index (χ2v) is 10.2. The van der Waals surface area contributed by atoms with Gasteiger partial charge in [0.25, 0.3) is 5.56 Å². The number of anilines is 1. The Hall–Kier alpha value is -3.76. The summed E-state index contributed by atoms with van der Waals surface area (Å²) in [6.07, 6.45) is 0. The molecule has 1 aromatic heterocycles. The van der Waals surface area contributed by atoms with Gasteiger partial charge in [0.2, 0.25) is 0 Å². The molecule has 0 bridgehead atoms. The number of hydrogen-bond donors (Lipinski definition) is 0. The van der Waals surface area contributed by atoms with Crippen LogP contribution in [0.3, 0.4) is 0 Å². The molecule has 0 amide bonds. The standard InChI is InChI=1S/C32H30N2OS/c1-3-33(28-17-13-24(2)14-18-28)23-27-21-26-9-7-8-12-31(26)34(32(27)35)22-25-15-19-30(20-16-25)36-29-10-5-4-6-11-29/h4-21H,3,22-23H2,1-2H3. The monoisotopic (exact) mass is 490 g/mol. The number of aromatic nitrogens is 1. The van der Waals surface area contributed by atoms with Crippen LogP contribution >= 0.6 is 11.8 Å². The molecule has 0 spiro atoms. The second-order valence-electron chi connectivity index (χ2n) is 9.03. The third-order valence-corrected chi connectivity index (χ3v) is 7.48. The van der Waals surface area contributed by atoms with E-state index in [9.17, 15) is 4.79 Å². The molecular formula is C32H30N2OS. The number of para-hydroxylation sites is 1. The highest BCUT2D eigenvalue weighted by atomic mass is 32.2. The van der Waals surface area contributed by atoms with Crippen molar-refractivity contribution in [2.24, 2.45) is 0 Å². The van der Waals surface area contributed by atoms with Gasteiger partial charge in [0.15, 0.2) is 0 Å². The molecule has 1 heterocycles. The molecule has 4 aromatic carbocycles. The smallest absolute Gasteiger partial charge is 0.256 e. The van der Waals surface area contributed by atoms with E-state index in [0.717, 1.165) is 34.3 Å². The Morgan fingerprint density at radius 2 is 1.44 bits per heavy atom. The number of hydrogen-bond acceptors (Lipinski definition) is 3. The Balaban J connectivity index is 1.45. The van der Waals surface area contributed by atoms with Crippen molar-refractivity contribution < 1.29 is 0 Å². The van der Waals surface area contributed by atoms with Gasteiger partial charge in [-0.25, -0.2) is 0 Å². The average molecular weight is 491 g/mol. The topological polar surface area (TPSA) is 25.2 Å². The third kappa shape index (κ3) is 5.39. The molecular weight excluding hydrogens is 460 g/mol. The van der Waals surface area contributed by atoms with Crippen LogP contribution in [0.1, 0.15) is 23.6 Å². The van der Waals surface area contributed by atoms with Crippen LogP contribution in [0.2, 0.25) is 0 Å². The van der Waals surface area contributed by atoms with Gasteiger partial charge < -0.3 is 9.47 Å². The summed E-state index contributed by atoms with van der Waals surface area (Å²) in [7, 11) is 0. The molecule has 0 aliphatic rings. The number of pyridine rings is 1. The molecule has 3 nitrogen and oxygen atoms in total. The van der Waals surface area contributed by atoms with Crippen LogP contribution in [-0.4, -0.2) is 11.1 Å². The van der Waals surface area contributed by atoms with Gasteiger partial charge in [-0.3, -0.25) is 4.79 Å². The fraction of sp³-hybridized carbons (Fsp3) is 0.156. The molecule has 5 aromatic rings. The maximum absolute atomic E-state index is 13.8. The van der Waals surface area contributed by atoms with Gasteiger partial charge in [-0.1, -0.05) is 78.0 Å². The van der Waals surface area contributed by atoms with Gasteiger partial charge in [0.1, 0.15) is 0 Å². The minimum absolute atomic E-state index is 0.0713. The Bertz CT molecular complexity index is 1510. The van der Waals surface area contributed by atoms with Gasteiger partial charge >= 0.3 is 0 Å². The maximum Gasteiger partial charge on any atom is 0.256 e. The Kier molecular flexibility index (Phi) is 7.24. The summed E-state index contributed by atoms with van der Waals surface area (Å²) in [4.78, 5) is 18.4. The highest BCUT2D eigenvalue weighted by Gasteiger charge is 2.13. The predicted molar refractivity (Wildman–Crippen MR) is 152 cm³/mol. The number of aryl methyl sites for hydroxylation is 1. The van der Waals surface area contributed by atoms with Crippen LogP contribution in [0.15, 0.2) is 124 Å². The van der Waals surface area contributed by atoms with Crippen molar-refractivity contribution in [1.29, 1.82) is 0 Å². The number of benzene rings is 4. The molecule has 0 atom stereocenters. The van der Waals surface area contributed by atoms with Crippen molar-refractivity contribution in [2.75, 3.05) is 11.4 Å². The lowest BCUT2D eigenvalue weighted by Crippen LogP contribution is -2.30. The van der Waals surface area contributed by atoms with Crippen LogP contribution in [0.5, 0.6) is 0 Å². The van der Waals surface area contributed by atoms with Crippen molar-refractivity contribution >= 4 is 28.4 Å². The van der Waals surface area contributed by atoms with Gasteiger partial charge in [-0.15, -0.1) is 0 Å². The zero-order valence-corrected chi connectivity index (χ0v) is 21.5. The van der Waals surface area contributed by atoms with E-state index in [1.54, 1.807) is 11.8 Å². The fourth-order valence-corrected chi connectivity index (χ4v) is 5.31. The van der Waals surface area contributed by atoms with Crippen LogP contribution in [0.25, 0.3) is 10.9 Å². The minimum Gasteiger partial charge on any atom is -0.367 e. The first kappa shape index (κ1) is 24.0. The van der Waals surface area contributed by atoms with E-state index in [1.165, 1.54) is 15.4 Å². The molecule has 0 N–H and O–H groups in total. The zero-order chi connectivity index (χ0) is 24.9. The van der Waals surface area contributed by atoms with Crippen LogP contribution < -0.4 is 10.5 Å². The molecule has 0 saturated heterocycles. The Labute approximate surface area is 217 Å². The lowest BCUT2D eigenvalue weighted by atomic mass is 10.1. The molecule has 4 heteroatoms. The SMILES string of the molecule is CCN(Cc1cc2ccccc2n(Cc2ccc(Sc3ccccc3)cc2)c1=O)c1ccc(C)cc1. The van der Waals surface area contributed by atoms with Crippen molar-refractivity contribution in [3.63, 3.8) is 0 Å². The summed E-state index contributed by atoms with van der Waals surface area (Å²) in [5.41, 5.74) is 5.33. The summed E-state index contributed by atoms with van der Waals surface area (Å²) >= 11 is 1.74. The molecule has 0 aliphatic carbocycles. The summed E-state index contributed by atoms with van der Waals surface area (Å²) in [5, 5.41) is 1.09. The second kappa shape index (κ2) is 10.9. The highest BCUT2D eigenvalue weighted by molar-refractivity contribution is 7.99. The number of fused-ring (bicyclic) bond motifs is 1. The normalized spacial score (nSPS) is 11.1. The zero-order valence-electron chi connectivity index (χ0n) is 20.7. The minimum atomic E-state index is 0.0713. The first-order chi connectivity index (χ1) is 17.6. The quantitative estimate of drug-likeness (QED) is 0.225. The first-order valence-electron chi connectivity index (χ1n) is 12.4. The van der Waals surface area contributed by atoms with Crippen LogP contribution in [0.4, 0.5) is 5.69 Å². The molecule has 36 heavy (non-hydrogen) atoms. The molecule has 5 rings (SSSR count). The first-order valence-corrected chi connectivity index (χ1v) is 13.2. The van der Waals surface area contributed by atoms with Gasteiger partial charge in [-0.2, -0.15) is 0 Å². The van der Waals surface area contributed by atoms with E-state index in [-0.39, 0.29) is 5.56 Å². The van der Waals surface area contributed by atoms with Crippen molar-refractivity contribution in [3.8, 4) is 0 Å². The van der Waals surface area contributed by atoms with Crippen LogP contribution in [-0.2, 0) is 13.1 Å². The molecule has 0 fully saturated rings. The molecule has 0 unspecified atom stereocenters. The van der Waals surface area contributed by atoms with Gasteiger partial charge in [0, 0.05) is 34.1 Å². The number of rotatable bonds is 8. The summed E-state index contributed by atoms with van der Waals surface area (Å²) in [5.74, 6) is 0. The van der Waals surface area contributed by atoms with E-state index >= 15 is 0 Å². The average Bonchev–Trinajstić information content (AvgIpc) is 2.91. The van der Waals surface area contributed by atoms with Gasteiger partial charge in [0.05, 0.1) is 12.1 Å². The molecule has 0 radical (unpaired) electrons. The largest absolute Gasteiger partial charge is 0.367 e. The summed E-state index contributed by atoms with van der Waals surface area (Å²) < 4.78 is 1.92. The summed E-state index contributed by atoms with van der Waals surface area (Å²) in [6.45, 7) is 6.18. The lowest BCUT2D eigenvalue weighted by Gasteiger charge is -2.24. The fourth-order valence-electron chi connectivity index (χ4n) is 4.47. The van der Waals surface area contributed by atoms with Gasteiger partial charge in [-0.05, 0) is 73.3 Å². The Morgan fingerprint density at radius 1 is 0.778 bits per heavy atom. The van der Waals surface area contributed by atoms with Crippen molar-refractivity contribution in [2.45, 2.75) is 36.7 Å². The van der Waals surface area contributed by atoms with Crippen LogP contribution in [0, 0.1) is 6.92 Å². The van der Waals surface area contributed by atoms with E-state index in [0.29, 0.717) is 13.1 Å². The van der Waals surface area contributed by atoms with Crippen molar-refractivity contribution in [1.82, 2.24) is 4.57 Å². The van der Waals surface area contributed by atoms with E-state index in [2.05, 4.69) is 104 Å². The van der Waals surface area contributed by atoms with E-state index in [1.807, 2.05) is 28.8 Å². The summed E-state index contributed by atoms with van der Waals surface area (Å²) in [6, 6.07) is 37.7. The Morgan fingerprint density at radius 3 is 2.17 bits per heavy atom. The molecule has 0 saturated carbocycles. The number of nitrogens with zero attached hydrogens (tertiary/aromatic N) is 2. The van der Waals surface area contributed by atoms with E-state index in [4.69, 9.17) is 0 Å². The van der Waals surface area contributed by atoms with E-state index < -0.39 is 0 Å². The molecule has 180 valence electrons. The highest BCUT2D eigenvalue weighted by Crippen LogP contribution is 2.27. The molecule has 0 aliphatic heterocycles. The maximum atomic E-state index is 13.8.